The Kier molecular flexibility index (Phi) is 4.52. The van der Waals surface area contributed by atoms with Crippen molar-refractivity contribution in [2.24, 2.45) is 0 Å². The average Bonchev–Trinajstić information content (AvgIpc) is 2.17. The predicted molar refractivity (Wildman–Crippen MR) is 57.7 cm³/mol. The van der Waals surface area contributed by atoms with Gasteiger partial charge in [0.15, 0.2) is 5.75 Å². The summed E-state index contributed by atoms with van der Waals surface area (Å²) < 4.78 is 41.6. The fourth-order valence-electron chi connectivity index (χ4n) is 1.09. The van der Waals surface area contributed by atoms with Crippen LogP contribution in [0.4, 0.5) is 3.89 Å². The van der Waals surface area contributed by atoms with E-state index in [2.05, 4.69) is 4.18 Å². The Morgan fingerprint density at radius 3 is 2.62 bits per heavy atom. The smallest absolute Gasteiger partial charge is 0.384 e. The lowest BCUT2D eigenvalue weighted by atomic mass is 10.1. The third-order valence-corrected chi connectivity index (χ3v) is 2.45. The maximum absolute atomic E-state index is 12.2. The van der Waals surface area contributed by atoms with E-state index in [1.807, 2.05) is 0 Å². The lowest BCUT2D eigenvalue weighted by molar-refractivity contribution is 0.202. The van der Waals surface area contributed by atoms with Gasteiger partial charge in [-0.05, 0) is 24.1 Å². The van der Waals surface area contributed by atoms with Crippen molar-refractivity contribution in [3.05, 3.63) is 28.8 Å². The Labute approximate surface area is 98.4 Å². The van der Waals surface area contributed by atoms with Crippen molar-refractivity contribution < 1.29 is 21.2 Å². The van der Waals surface area contributed by atoms with Crippen LogP contribution in [0.25, 0.3) is 0 Å². The highest BCUT2D eigenvalue weighted by Gasteiger charge is 2.12. The molecular weight excluding hydrogens is 259 g/mol. The molecule has 1 aromatic carbocycles. The van der Waals surface area contributed by atoms with E-state index in [1.54, 1.807) is 13.2 Å². The van der Waals surface area contributed by atoms with Crippen LogP contribution in [0.5, 0.6) is 5.75 Å². The highest BCUT2D eigenvalue weighted by molar-refractivity contribution is 7.81. The van der Waals surface area contributed by atoms with Crippen molar-refractivity contribution in [2.45, 2.75) is 6.42 Å². The molecule has 0 unspecified atom stereocenters. The molecule has 0 heterocycles. The molecule has 7 heteroatoms. The Hall–Kier alpha value is -0.850. The summed E-state index contributed by atoms with van der Waals surface area (Å²) >= 11 is 5.72. The molecule has 1 aromatic rings. The molecule has 0 saturated heterocycles. The van der Waals surface area contributed by atoms with Gasteiger partial charge in [-0.25, -0.2) is 0 Å². The first-order chi connectivity index (χ1) is 7.42. The number of hydrogen-bond donors (Lipinski definition) is 0. The van der Waals surface area contributed by atoms with Gasteiger partial charge < -0.3 is 8.92 Å². The zero-order chi connectivity index (χ0) is 12.2. The van der Waals surface area contributed by atoms with E-state index < -0.39 is 10.5 Å². The summed E-state index contributed by atoms with van der Waals surface area (Å²) in [5, 5.41) is 0.0369. The number of benzene rings is 1. The molecule has 0 aliphatic rings. The molecule has 90 valence electrons. The van der Waals surface area contributed by atoms with Crippen LogP contribution in [0.2, 0.25) is 5.02 Å². The molecule has 0 radical (unpaired) electrons. The van der Waals surface area contributed by atoms with E-state index in [4.69, 9.17) is 16.3 Å². The van der Waals surface area contributed by atoms with Gasteiger partial charge in [0.25, 0.3) is 0 Å². The third kappa shape index (κ3) is 4.34. The minimum absolute atomic E-state index is 0.0369. The largest absolute Gasteiger partial charge is 0.488 e. The molecule has 0 aliphatic carbocycles. The molecule has 16 heavy (non-hydrogen) atoms. The van der Waals surface area contributed by atoms with Crippen LogP contribution in [-0.2, 0) is 21.7 Å². The number of ether oxygens (including phenoxy) is 1. The van der Waals surface area contributed by atoms with Gasteiger partial charge in [0.1, 0.15) is 0 Å². The molecule has 0 aliphatic heterocycles. The third-order valence-electron chi connectivity index (χ3n) is 1.78. The van der Waals surface area contributed by atoms with Gasteiger partial charge >= 0.3 is 10.5 Å². The summed E-state index contributed by atoms with van der Waals surface area (Å²) in [5.41, 5.74) is 0.843. The normalized spacial score (nSPS) is 11.4. The van der Waals surface area contributed by atoms with Crippen LogP contribution in [0.3, 0.4) is 0 Å². The topological polar surface area (TPSA) is 52.6 Å². The van der Waals surface area contributed by atoms with Gasteiger partial charge in [0.2, 0.25) is 0 Å². The molecule has 1 rings (SSSR count). The monoisotopic (exact) mass is 268 g/mol. The minimum atomic E-state index is -5.04. The molecule has 0 spiro atoms. The van der Waals surface area contributed by atoms with Crippen LogP contribution >= 0.6 is 11.6 Å². The Bertz CT molecular complexity index is 461. The fraction of sp³-hybridized carbons (Fsp3) is 0.333. The second-order valence-corrected chi connectivity index (χ2v) is 4.34. The summed E-state index contributed by atoms with van der Waals surface area (Å²) in [5.74, 6) is -0.231. The first-order valence-electron chi connectivity index (χ1n) is 4.34. The van der Waals surface area contributed by atoms with Gasteiger partial charge in [-0.1, -0.05) is 21.6 Å². The molecule has 0 atom stereocenters. The maximum atomic E-state index is 12.2. The molecule has 4 nitrogen and oxygen atoms in total. The zero-order valence-corrected chi connectivity index (χ0v) is 10.0. The Balaban J connectivity index is 2.83. The number of hydrogen-bond acceptors (Lipinski definition) is 4. The minimum Gasteiger partial charge on any atom is -0.384 e. The van der Waals surface area contributed by atoms with Gasteiger partial charge in [-0.3, -0.25) is 0 Å². The fourth-order valence-corrected chi connectivity index (χ4v) is 1.74. The first-order valence-corrected chi connectivity index (χ1v) is 6.02. The summed E-state index contributed by atoms with van der Waals surface area (Å²) in [6.07, 6.45) is 0.624. The van der Waals surface area contributed by atoms with Crippen molar-refractivity contribution in [3.63, 3.8) is 0 Å². The maximum Gasteiger partial charge on any atom is 0.488 e. The lowest BCUT2D eigenvalue weighted by Gasteiger charge is -2.05. The highest BCUT2D eigenvalue weighted by Crippen LogP contribution is 2.27. The molecule has 0 fully saturated rings. The predicted octanol–water partition coefficient (Wildman–Crippen LogP) is 2.12. The van der Waals surface area contributed by atoms with E-state index in [0.717, 1.165) is 5.56 Å². The molecule has 0 amide bonds. The van der Waals surface area contributed by atoms with Gasteiger partial charge in [-0.2, -0.15) is 8.42 Å². The van der Waals surface area contributed by atoms with Crippen molar-refractivity contribution >= 4 is 22.1 Å². The molecule has 0 saturated carbocycles. The van der Waals surface area contributed by atoms with Crippen molar-refractivity contribution in [1.82, 2.24) is 0 Å². The molecule has 0 aromatic heterocycles. The Morgan fingerprint density at radius 1 is 1.44 bits per heavy atom. The van der Waals surface area contributed by atoms with E-state index in [1.165, 1.54) is 12.1 Å². The van der Waals surface area contributed by atoms with E-state index >= 15 is 0 Å². The van der Waals surface area contributed by atoms with Crippen LogP contribution in [0, 0.1) is 0 Å². The molecule has 0 bridgehead atoms. The highest BCUT2D eigenvalue weighted by atomic mass is 35.5. The zero-order valence-electron chi connectivity index (χ0n) is 8.44. The van der Waals surface area contributed by atoms with Gasteiger partial charge in [0, 0.05) is 7.11 Å². The van der Waals surface area contributed by atoms with Crippen LogP contribution in [-0.4, -0.2) is 22.1 Å². The average molecular weight is 269 g/mol. The Morgan fingerprint density at radius 2 is 2.12 bits per heavy atom. The SMILES string of the molecule is COCCc1ccc(OS(=O)(=O)F)c(Cl)c1. The van der Waals surface area contributed by atoms with E-state index in [0.29, 0.717) is 13.0 Å². The second kappa shape index (κ2) is 5.47. The summed E-state index contributed by atoms with van der Waals surface area (Å²) in [4.78, 5) is 0. The standard InChI is InChI=1S/C9H10ClFO4S/c1-14-5-4-7-2-3-9(8(10)6-7)15-16(11,12)13/h2-3,6H,4-5H2,1H3. The summed E-state index contributed by atoms with van der Waals surface area (Å²) in [6, 6.07) is 4.39. The number of methoxy groups -OCH3 is 1. The lowest BCUT2D eigenvalue weighted by Crippen LogP contribution is -2.02. The molecule has 0 N–H and O–H groups in total. The van der Waals surface area contributed by atoms with E-state index in [-0.39, 0.29) is 10.8 Å². The second-order valence-electron chi connectivity index (χ2n) is 2.98. The van der Waals surface area contributed by atoms with Crippen LogP contribution in [0.1, 0.15) is 5.56 Å². The summed E-state index contributed by atoms with van der Waals surface area (Å²) in [7, 11) is -3.47. The van der Waals surface area contributed by atoms with Crippen molar-refractivity contribution in [2.75, 3.05) is 13.7 Å². The van der Waals surface area contributed by atoms with Crippen LogP contribution < -0.4 is 4.18 Å². The van der Waals surface area contributed by atoms with Crippen LogP contribution in [0.15, 0.2) is 18.2 Å². The number of halogens is 2. The van der Waals surface area contributed by atoms with Crippen molar-refractivity contribution in [3.8, 4) is 5.75 Å². The van der Waals surface area contributed by atoms with Gasteiger partial charge in [0.05, 0.1) is 11.6 Å². The van der Waals surface area contributed by atoms with E-state index in [9.17, 15) is 12.3 Å². The van der Waals surface area contributed by atoms with Crippen molar-refractivity contribution in [1.29, 1.82) is 0 Å². The number of rotatable bonds is 5. The quantitative estimate of drug-likeness (QED) is 0.768. The van der Waals surface area contributed by atoms with Gasteiger partial charge in [-0.15, -0.1) is 0 Å². The summed E-state index contributed by atoms with van der Waals surface area (Å²) in [6.45, 7) is 0.512. The molecular formula is C9H10ClFO4S. The first kappa shape index (κ1) is 13.2.